The van der Waals surface area contributed by atoms with Crippen LogP contribution in [0.3, 0.4) is 0 Å². The van der Waals surface area contributed by atoms with Crippen LogP contribution in [0.5, 0.6) is 0 Å². The van der Waals surface area contributed by atoms with E-state index in [-0.39, 0.29) is 0 Å². The molecule has 2 nitrogen and oxygen atoms in total. The summed E-state index contributed by atoms with van der Waals surface area (Å²) in [7, 11) is 0. The molecule has 0 aromatic carbocycles. The largest absolute Gasteiger partial charge is 0.311 e. The quantitative estimate of drug-likeness (QED) is 0.840. The maximum atomic E-state index is 4.09. The van der Waals surface area contributed by atoms with Gasteiger partial charge < -0.3 is 10.2 Å². The van der Waals surface area contributed by atoms with E-state index in [0.717, 1.165) is 30.0 Å². The van der Waals surface area contributed by atoms with E-state index in [1.54, 1.807) is 0 Å². The van der Waals surface area contributed by atoms with Crippen LogP contribution in [0.4, 0.5) is 0 Å². The molecule has 3 aliphatic rings. The Bertz CT molecular complexity index is 269. The van der Waals surface area contributed by atoms with Gasteiger partial charge in [0.15, 0.2) is 0 Å². The Morgan fingerprint density at radius 2 is 1.47 bits per heavy atom. The molecule has 2 bridgehead atoms. The molecule has 3 rings (SSSR count). The number of rotatable bonds is 3. The van der Waals surface area contributed by atoms with Crippen molar-refractivity contribution in [3.63, 3.8) is 0 Å². The molecule has 19 heavy (non-hydrogen) atoms. The summed E-state index contributed by atoms with van der Waals surface area (Å²) in [6, 6.07) is 2.41. The van der Waals surface area contributed by atoms with E-state index in [2.05, 4.69) is 24.1 Å². The second kappa shape index (κ2) is 6.13. The normalized spacial score (nSPS) is 37.7. The van der Waals surface area contributed by atoms with Gasteiger partial charge in [-0.15, -0.1) is 0 Å². The zero-order valence-electron chi connectivity index (χ0n) is 12.9. The summed E-state index contributed by atoms with van der Waals surface area (Å²) in [4.78, 5) is 2.73. The first-order chi connectivity index (χ1) is 9.24. The van der Waals surface area contributed by atoms with Crippen LogP contribution in [0.15, 0.2) is 0 Å². The summed E-state index contributed by atoms with van der Waals surface area (Å²) in [5, 5.41) is 4.09. The lowest BCUT2D eigenvalue weighted by molar-refractivity contribution is 0.0229. The Balaban J connectivity index is 1.61. The molecule has 0 spiro atoms. The number of piperidine rings is 1. The van der Waals surface area contributed by atoms with Crippen LogP contribution < -0.4 is 5.32 Å². The van der Waals surface area contributed by atoms with Gasteiger partial charge in [0.1, 0.15) is 0 Å². The van der Waals surface area contributed by atoms with Crippen LogP contribution >= 0.6 is 0 Å². The highest BCUT2D eigenvalue weighted by atomic mass is 15.2. The van der Waals surface area contributed by atoms with Crippen LogP contribution in [0.1, 0.15) is 65.2 Å². The van der Waals surface area contributed by atoms with Gasteiger partial charge in [0.25, 0.3) is 0 Å². The van der Waals surface area contributed by atoms with Gasteiger partial charge in [0.05, 0.1) is 0 Å². The van der Waals surface area contributed by atoms with Crippen LogP contribution in [-0.2, 0) is 0 Å². The first kappa shape index (κ1) is 13.9. The van der Waals surface area contributed by atoms with Gasteiger partial charge in [-0.2, -0.15) is 0 Å². The summed E-state index contributed by atoms with van der Waals surface area (Å²) in [5.41, 5.74) is 0. The predicted octanol–water partition coefficient (Wildman–Crippen LogP) is 3.42. The number of hydrogen-bond donors (Lipinski definition) is 1. The molecule has 110 valence electrons. The summed E-state index contributed by atoms with van der Waals surface area (Å²) >= 11 is 0. The van der Waals surface area contributed by atoms with Crippen molar-refractivity contribution in [2.75, 3.05) is 13.1 Å². The van der Waals surface area contributed by atoms with Gasteiger partial charge in [-0.25, -0.2) is 0 Å². The Morgan fingerprint density at radius 1 is 0.842 bits per heavy atom. The van der Waals surface area contributed by atoms with Gasteiger partial charge in [-0.1, -0.05) is 25.7 Å². The minimum absolute atomic E-state index is 0.735. The number of nitrogens with one attached hydrogen (secondary N) is 1. The summed E-state index contributed by atoms with van der Waals surface area (Å²) in [6.07, 6.45) is 11.7. The zero-order valence-corrected chi connectivity index (χ0v) is 12.9. The van der Waals surface area contributed by atoms with Gasteiger partial charge in [0.2, 0.25) is 0 Å². The Morgan fingerprint density at radius 3 is 2.05 bits per heavy atom. The monoisotopic (exact) mass is 264 g/mol. The average molecular weight is 264 g/mol. The predicted molar refractivity (Wildman–Crippen MR) is 81.3 cm³/mol. The molecular weight excluding hydrogens is 232 g/mol. The maximum absolute atomic E-state index is 4.09. The average Bonchev–Trinajstić information content (AvgIpc) is 2.39. The SMILES string of the molecule is CC(C)N1CC2CCCC(C1)C2NC1CCCCC1. The van der Waals surface area contributed by atoms with Crippen molar-refractivity contribution in [1.29, 1.82) is 0 Å². The molecule has 2 aliphatic carbocycles. The molecule has 2 unspecified atom stereocenters. The Labute approximate surface area is 119 Å². The standard InChI is InChI=1S/C17H32N2/c1-13(2)19-11-14-7-6-8-15(12-19)17(14)18-16-9-4-3-5-10-16/h13-18H,3-12H2,1-2H3. The summed E-state index contributed by atoms with van der Waals surface area (Å²) in [5.74, 6) is 1.86. The lowest BCUT2D eigenvalue weighted by Crippen LogP contribution is -2.60. The molecule has 1 saturated heterocycles. The van der Waals surface area contributed by atoms with E-state index >= 15 is 0 Å². The van der Waals surface area contributed by atoms with Crippen LogP contribution in [-0.4, -0.2) is 36.1 Å². The first-order valence-corrected chi connectivity index (χ1v) is 8.74. The fourth-order valence-electron chi connectivity index (χ4n) is 4.71. The first-order valence-electron chi connectivity index (χ1n) is 8.74. The minimum atomic E-state index is 0.735. The lowest BCUT2D eigenvalue weighted by atomic mass is 9.72. The Hall–Kier alpha value is -0.0800. The molecule has 1 aliphatic heterocycles. The highest BCUT2D eigenvalue weighted by Gasteiger charge is 2.40. The fraction of sp³-hybridized carbons (Fsp3) is 1.00. The van der Waals surface area contributed by atoms with Crippen molar-refractivity contribution in [3.8, 4) is 0 Å². The molecule has 0 amide bonds. The molecule has 2 saturated carbocycles. The van der Waals surface area contributed by atoms with Crippen LogP contribution in [0.2, 0.25) is 0 Å². The number of hydrogen-bond acceptors (Lipinski definition) is 2. The molecule has 0 radical (unpaired) electrons. The molecule has 0 aromatic rings. The Kier molecular flexibility index (Phi) is 4.48. The molecule has 1 N–H and O–H groups in total. The highest BCUT2D eigenvalue weighted by molar-refractivity contribution is 4.96. The molecule has 2 atom stereocenters. The third-order valence-electron chi connectivity index (χ3n) is 5.87. The third kappa shape index (κ3) is 3.16. The van der Waals surface area contributed by atoms with E-state index in [9.17, 15) is 0 Å². The smallest absolute Gasteiger partial charge is 0.0151 e. The highest BCUT2D eigenvalue weighted by Crippen LogP contribution is 2.36. The second-order valence-corrected chi connectivity index (χ2v) is 7.53. The van der Waals surface area contributed by atoms with Crippen molar-refractivity contribution >= 4 is 0 Å². The zero-order chi connectivity index (χ0) is 13.2. The topological polar surface area (TPSA) is 15.3 Å². The van der Waals surface area contributed by atoms with E-state index in [0.29, 0.717) is 0 Å². The number of nitrogens with zero attached hydrogens (tertiary/aromatic N) is 1. The third-order valence-corrected chi connectivity index (χ3v) is 5.87. The van der Waals surface area contributed by atoms with Gasteiger partial charge >= 0.3 is 0 Å². The molecule has 3 fully saturated rings. The van der Waals surface area contributed by atoms with Gasteiger partial charge in [-0.05, 0) is 51.4 Å². The van der Waals surface area contributed by atoms with Crippen molar-refractivity contribution in [3.05, 3.63) is 0 Å². The van der Waals surface area contributed by atoms with Crippen molar-refractivity contribution in [1.82, 2.24) is 10.2 Å². The molecular formula is C17H32N2. The molecule has 0 aromatic heterocycles. The second-order valence-electron chi connectivity index (χ2n) is 7.53. The number of likely N-dealkylation sites (tertiary alicyclic amines) is 1. The maximum Gasteiger partial charge on any atom is 0.0151 e. The van der Waals surface area contributed by atoms with Gasteiger partial charge in [0, 0.05) is 31.2 Å². The molecule has 1 heterocycles. The fourth-order valence-corrected chi connectivity index (χ4v) is 4.71. The minimum Gasteiger partial charge on any atom is -0.311 e. The van der Waals surface area contributed by atoms with E-state index < -0.39 is 0 Å². The lowest BCUT2D eigenvalue weighted by Gasteiger charge is -2.50. The van der Waals surface area contributed by atoms with Crippen molar-refractivity contribution < 1.29 is 0 Å². The van der Waals surface area contributed by atoms with E-state index in [4.69, 9.17) is 0 Å². The van der Waals surface area contributed by atoms with E-state index in [1.807, 2.05) is 0 Å². The number of fused-ring (bicyclic) bond motifs is 2. The van der Waals surface area contributed by atoms with Gasteiger partial charge in [-0.3, -0.25) is 0 Å². The van der Waals surface area contributed by atoms with Crippen molar-refractivity contribution in [2.24, 2.45) is 11.8 Å². The van der Waals surface area contributed by atoms with E-state index in [1.165, 1.54) is 64.5 Å². The van der Waals surface area contributed by atoms with Crippen LogP contribution in [0.25, 0.3) is 0 Å². The molecule has 2 heteroatoms. The summed E-state index contributed by atoms with van der Waals surface area (Å²) < 4.78 is 0. The summed E-state index contributed by atoms with van der Waals surface area (Å²) in [6.45, 7) is 7.42. The van der Waals surface area contributed by atoms with Crippen LogP contribution in [0, 0.1) is 11.8 Å². The van der Waals surface area contributed by atoms with Crippen molar-refractivity contribution in [2.45, 2.75) is 83.3 Å².